The van der Waals surface area contributed by atoms with Gasteiger partial charge in [-0.25, -0.2) is 0 Å². The van der Waals surface area contributed by atoms with E-state index in [9.17, 15) is 0 Å². The fourth-order valence-corrected chi connectivity index (χ4v) is 4.32. The van der Waals surface area contributed by atoms with Gasteiger partial charge in [0.05, 0.1) is 0 Å². The van der Waals surface area contributed by atoms with Crippen LogP contribution in [0.1, 0.15) is 38.7 Å². The first-order chi connectivity index (χ1) is 10.1. The molecular formula is C19H26S2. The van der Waals surface area contributed by atoms with Gasteiger partial charge in [-0.3, -0.25) is 0 Å². The Morgan fingerprint density at radius 2 is 1.95 bits per heavy atom. The number of hydrogen-bond donors (Lipinski definition) is 1. The Kier molecular flexibility index (Phi) is 5.95. The van der Waals surface area contributed by atoms with E-state index >= 15 is 0 Å². The van der Waals surface area contributed by atoms with Crippen LogP contribution in [0.15, 0.2) is 40.1 Å². The molecule has 2 aromatic carbocycles. The molecule has 2 unspecified atom stereocenters. The van der Waals surface area contributed by atoms with E-state index in [0.717, 1.165) is 10.8 Å². The summed E-state index contributed by atoms with van der Waals surface area (Å²) in [5.74, 6) is 5.01. The summed E-state index contributed by atoms with van der Waals surface area (Å²) in [6, 6.07) is 11.0. The molecule has 2 atom stereocenters. The van der Waals surface area contributed by atoms with Gasteiger partial charge in [-0.1, -0.05) is 57.2 Å². The van der Waals surface area contributed by atoms with Crippen LogP contribution in [-0.2, 0) is 6.42 Å². The highest BCUT2D eigenvalue weighted by molar-refractivity contribution is 8.13. The standard InChI is InChI=1S/C19H26S2/c1-5-8-14(6-2)13-15-11-12-17(20)19-16(15)9-7-10-18(19)21(3)4/h7,9-12,14,20H,3,5-6,8,13H2,1-2,4H3. The summed E-state index contributed by atoms with van der Waals surface area (Å²) < 4.78 is 0. The van der Waals surface area contributed by atoms with Crippen LogP contribution in [0.25, 0.3) is 10.8 Å². The van der Waals surface area contributed by atoms with Crippen LogP contribution in [0.4, 0.5) is 0 Å². The minimum absolute atomic E-state index is 0.0112. The highest BCUT2D eigenvalue weighted by atomic mass is 32.2. The highest BCUT2D eigenvalue weighted by Gasteiger charge is 2.12. The zero-order valence-electron chi connectivity index (χ0n) is 13.4. The quantitative estimate of drug-likeness (QED) is 0.476. The SMILES string of the molecule is C=S(C)c1cccc2c(CC(CC)CCC)ccc(S)c12. The summed E-state index contributed by atoms with van der Waals surface area (Å²) in [6.07, 6.45) is 7.19. The fraction of sp³-hybridized carbons (Fsp3) is 0.421. The van der Waals surface area contributed by atoms with Crippen LogP contribution in [-0.4, -0.2) is 12.1 Å². The molecule has 0 spiro atoms. The number of thiol groups is 1. The number of benzene rings is 2. The maximum Gasteiger partial charge on any atom is 0.0130 e. The molecule has 0 nitrogen and oxygen atoms in total. The molecule has 21 heavy (non-hydrogen) atoms. The summed E-state index contributed by atoms with van der Waals surface area (Å²) in [6.45, 7) is 4.58. The number of rotatable bonds is 6. The molecule has 0 fully saturated rings. The average molecular weight is 319 g/mol. The molecule has 2 heteroatoms. The number of hydrogen-bond acceptors (Lipinski definition) is 1. The van der Waals surface area contributed by atoms with Crippen molar-refractivity contribution in [1.29, 1.82) is 0 Å². The lowest BCUT2D eigenvalue weighted by molar-refractivity contribution is 0.463. The van der Waals surface area contributed by atoms with Crippen molar-refractivity contribution in [3.63, 3.8) is 0 Å². The second-order valence-corrected chi connectivity index (χ2v) is 8.02. The molecule has 0 saturated carbocycles. The van der Waals surface area contributed by atoms with Gasteiger partial charge in [0.15, 0.2) is 0 Å². The normalized spacial score (nSPS) is 14.3. The smallest absolute Gasteiger partial charge is 0.0130 e. The van der Waals surface area contributed by atoms with E-state index in [0.29, 0.717) is 0 Å². The third kappa shape index (κ3) is 3.73. The Labute approximate surface area is 137 Å². The zero-order chi connectivity index (χ0) is 15.4. The van der Waals surface area contributed by atoms with Crippen LogP contribution in [0, 0.1) is 5.92 Å². The Balaban J connectivity index is 2.54. The minimum Gasteiger partial charge on any atom is -0.165 e. The lowest BCUT2D eigenvalue weighted by Crippen LogP contribution is -2.03. The predicted molar refractivity (Wildman–Crippen MR) is 102 cm³/mol. The van der Waals surface area contributed by atoms with Gasteiger partial charge in [0.25, 0.3) is 0 Å². The summed E-state index contributed by atoms with van der Waals surface area (Å²) in [5.41, 5.74) is 1.47. The molecule has 2 rings (SSSR count). The van der Waals surface area contributed by atoms with Gasteiger partial charge >= 0.3 is 0 Å². The van der Waals surface area contributed by atoms with Gasteiger partial charge in [0.2, 0.25) is 0 Å². The minimum atomic E-state index is 0.0112. The second kappa shape index (κ2) is 7.51. The predicted octanol–water partition coefficient (Wildman–Crippen LogP) is 6.19. The van der Waals surface area contributed by atoms with Gasteiger partial charge in [-0.2, -0.15) is 10.5 Å². The fourth-order valence-electron chi connectivity index (χ4n) is 3.05. The van der Waals surface area contributed by atoms with Gasteiger partial charge in [0.1, 0.15) is 0 Å². The van der Waals surface area contributed by atoms with Crippen molar-refractivity contribution in [1.82, 2.24) is 0 Å². The van der Waals surface area contributed by atoms with Crippen molar-refractivity contribution in [2.45, 2.75) is 49.3 Å². The lowest BCUT2D eigenvalue weighted by atomic mass is 9.90. The first-order valence-corrected chi connectivity index (χ1v) is 10.0. The monoisotopic (exact) mass is 318 g/mol. The second-order valence-electron chi connectivity index (χ2n) is 5.83. The molecule has 0 saturated heterocycles. The lowest BCUT2D eigenvalue weighted by Gasteiger charge is -2.17. The Hall–Kier alpha value is -0.730. The van der Waals surface area contributed by atoms with Gasteiger partial charge in [0, 0.05) is 15.2 Å². The molecule has 2 aromatic rings. The van der Waals surface area contributed by atoms with E-state index in [-0.39, 0.29) is 10.5 Å². The van der Waals surface area contributed by atoms with Crippen molar-refractivity contribution in [3.8, 4) is 0 Å². The summed E-state index contributed by atoms with van der Waals surface area (Å²) >= 11 is 4.69. The first kappa shape index (κ1) is 16.6. The van der Waals surface area contributed by atoms with E-state index in [2.05, 4.69) is 56.3 Å². The van der Waals surface area contributed by atoms with E-state index in [4.69, 9.17) is 12.6 Å². The zero-order valence-corrected chi connectivity index (χ0v) is 15.1. The molecule has 0 N–H and O–H groups in total. The van der Waals surface area contributed by atoms with Crippen LogP contribution in [0.5, 0.6) is 0 Å². The molecule has 0 heterocycles. The number of fused-ring (bicyclic) bond motifs is 1. The molecule has 0 aromatic heterocycles. The molecule has 0 bridgehead atoms. The molecule has 0 amide bonds. The van der Waals surface area contributed by atoms with Gasteiger partial charge in [-0.05, 0) is 41.7 Å². The first-order valence-electron chi connectivity index (χ1n) is 7.77. The summed E-state index contributed by atoms with van der Waals surface area (Å²) in [5, 5.41) is 2.68. The van der Waals surface area contributed by atoms with E-state index < -0.39 is 0 Å². The van der Waals surface area contributed by atoms with E-state index in [1.54, 1.807) is 0 Å². The Morgan fingerprint density at radius 3 is 2.57 bits per heavy atom. The third-order valence-electron chi connectivity index (χ3n) is 4.23. The summed E-state index contributed by atoms with van der Waals surface area (Å²) in [4.78, 5) is 2.42. The molecule has 0 aliphatic carbocycles. The van der Waals surface area contributed by atoms with Crippen LogP contribution in [0.2, 0.25) is 0 Å². The van der Waals surface area contributed by atoms with Crippen LogP contribution >= 0.6 is 23.1 Å². The maximum atomic E-state index is 4.69. The van der Waals surface area contributed by atoms with Gasteiger partial charge in [-0.15, -0.1) is 12.6 Å². The maximum absolute atomic E-state index is 4.69. The van der Waals surface area contributed by atoms with Crippen molar-refractivity contribution in [2.24, 2.45) is 5.92 Å². The molecule has 0 aliphatic heterocycles. The molecular weight excluding hydrogens is 292 g/mol. The van der Waals surface area contributed by atoms with Crippen molar-refractivity contribution in [3.05, 3.63) is 35.9 Å². The van der Waals surface area contributed by atoms with E-state index in [1.165, 1.54) is 46.9 Å². The largest absolute Gasteiger partial charge is 0.165 e. The van der Waals surface area contributed by atoms with Crippen molar-refractivity contribution in [2.75, 3.05) is 6.26 Å². The highest BCUT2D eigenvalue weighted by Crippen LogP contribution is 2.36. The molecule has 114 valence electrons. The van der Waals surface area contributed by atoms with Gasteiger partial charge < -0.3 is 0 Å². The summed E-state index contributed by atoms with van der Waals surface area (Å²) in [7, 11) is 0.0112. The molecule has 0 aliphatic rings. The van der Waals surface area contributed by atoms with Crippen LogP contribution in [0.3, 0.4) is 0 Å². The van der Waals surface area contributed by atoms with Crippen molar-refractivity contribution < 1.29 is 0 Å². The Morgan fingerprint density at radius 1 is 1.19 bits per heavy atom. The van der Waals surface area contributed by atoms with Crippen molar-refractivity contribution >= 4 is 39.8 Å². The Bertz CT molecular complexity index is 643. The molecule has 0 radical (unpaired) electrons. The average Bonchev–Trinajstić information content (AvgIpc) is 2.48. The third-order valence-corrected chi connectivity index (χ3v) is 5.69. The van der Waals surface area contributed by atoms with E-state index in [1.807, 2.05) is 0 Å². The topological polar surface area (TPSA) is 0 Å². The van der Waals surface area contributed by atoms with Crippen LogP contribution < -0.4 is 0 Å².